The maximum absolute atomic E-state index is 11.2. The van der Waals surface area contributed by atoms with E-state index in [0.717, 1.165) is 0 Å². The molecular formula is C11H17NO8. The van der Waals surface area contributed by atoms with Gasteiger partial charge in [-0.25, -0.2) is 4.79 Å². The smallest absolute Gasteiger partial charge is 0.341 e. The Morgan fingerprint density at radius 1 is 1.45 bits per heavy atom. The SMILES string of the molecule is COC1OC(CO)C(O)C(OCC(=O)O)=C1NC(C)=O. The molecule has 1 rings (SSSR count). The number of aliphatic carboxylic acids is 1. The van der Waals surface area contributed by atoms with Gasteiger partial charge in [0.15, 0.2) is 12.4 Å². The zero-order valence-electron chi connectivity index (χ0n) is 11.0. The van der Waals surface area contributed by atoms with Crippen LogP contribution >= 0.6 is 0 Å². The number of aliphatic hydroxyl groups excluding tert-OH is 2. The molecule has 0 saturated heterocycles. The fraction of sp³-hybridized carbons (Fsp3) is 0.636. The highest BCUT2D eigenvalue weighted by atomic mass is 16.7. The van der Waals surface area contributed by atoms with Gasteiger partial charge in [0.05, 0.1) is 6.61 Å². The second kappa shape index (κ2) is 7.20. The summed E-state index contributed by atoms with van der Waals surface area (Å²) in [6.45, 7) is -0.0303. The molecule has 0 aromatic rings. The van der Waals surface area contributed by atoms with E-state index in [1.807, 2.05) is 0 Å². The molecule has 3 unspecified atom stereocenters. The maximum atomic E-state index is 11.2. The summed E-state index contributed by atoms with van der Waals surface area (Å²) in [6.07, 6.45) is -3.57. The fourth-order valence-electron chi connectivity index (χ4n) is 1.67. The molecule has 114 valence electrons. The molecule has 4 N–H and O–H groups in total. The molecule has 1 aliphatic heterocycles. The van der Waals surface area contributed by atoms with E-state index in [1.165, 1.54) is 14.0 Å². The largest absolute Gasteiger partial charge is 0.481 e. The van der Waals surface area contributed by atoms with Crippen LogP contribution in [0.4, 0.5) is 0 Å². The first-order chi connectivity index (χ1) is 9.40. The molecule has 0 radical (unpaired) electrons. The van der Waals surface area contributed by atoms with Crippen LogP contribution in [0.3, 0.4) is 0 Å². The summed E-state index contributed by atoms with van der Waals surface area (Å²) < 4.78 is 15.2. The van der Waals surface area contributed by atoms with Gasteiger partial charge in [0.1, 0.15) is 17.9 Å². The summed E-state index contributed by atoms with van der Waals surface area (Å²) in [5.41, 5.74) is -0.0292. The molecule has 0 saturated carbocycles. The quantitative estimate of drug-likeness (QED) is 0.448. The van der Waals surface area contributed by atoms with E-state index in [0.29, 0.717) is 0 Å². The van der Waals surface area contributed by atoms with Crippen molar-refractivity contribution < 1.29 is 39.1 Å². The van der Waals surface area contributed by atoms with Crippen molar-refractivity contribution in [2.45, 2.75) is 25.4 Å². The van der Waals surface area contributed by atoms with Crippen LogP contribution in [0.25, 0.3) is 0 Å². The Bertz CT molecular complexity index is 407. The predicted molar refractivity (Wildman–Crippen MR) is 63.2 cm³/mol. The first kappa shape index (κ1) is 16.4. The normalized spacial score (nSPS) is 26.3. The fourth-order valence-corrected chi connectivity index (χ4v) is 1.67. The summed E-state index contributed by atoms with van der Waals surface area (Å²) >= 11 is 0. The van der Waals surface area contributed by atoms with E-state index in [1.54, 1.807) is 0 Å². The van der Waals surface area contributed by atoms with Crippen molar-refractivity contribution in [1.29, 1.82) is 0 Å². The molecule has 0 aliphatic carbocycles. The number of rotatable bonds is 6. The first-order valence-electron chi connectivity index (χ1n) is 5.74. The second-order valence-electron chi connectivity index (χ2n) is 4.01. The summed E-state index contributed by atoms with van der Waals surface area (Å²) in [7, 11) is 1.29. The van der Waals surface area contributed by atoms with Crippen LogP contribution in [0.2, 0.25) is 0 Å². The van der Waals surface area contributed by atoms with E-state index in [9.17, 15) is 14.7 Å². The monoisotopic (exact) mass is 291 g/mol. The third-order valence-corrected chi connectivity index (χ3v) is 2.48. The number of carboxylic acids is 1. The Hall–Kier alpha value is -1.68. The van der Waals surface area contributed by atoms with Crippen LogP contribution in [-0.4, -0.2) is 66.0 Å². The standard InChI is InChI=1S/C11H17NO8/c1-5(14)12-8-10(19-4-7(15)16)9(17)6(3-13)20-11(8)18-2/h6,9,11,13,17H,3-4H2,1-2H3,(H,12,14)(H,15,16). The molecule has 0 bridgehead atoms. The van der Waals surface area contributed by atoms with Crippen LogP contribution in [-0.2, 0) is 23.8 Å². The van der Waals surface area contributed by atoms with Crippen molar-refractivity contribution in [2.24, 2.45) is 0 Å². The zero-order valence-corrected chi connectivity index (χ0v) is 11.0. The van der Waals surface area contributed by atoms with Crippen LogP contribution in [0.15, 0.2) is 11.5 Å². The van der Waals surface area contributed by atoms with Gasteiger partial charge in [-0.05, 0) is 0 Å². The number of nitrogens with one attached hydrogen (secondary N) is 1. The summed E-state index contributed by atoms with van der Waals surface area (Å²) in [4.78, 5) is 21.7. The Morgan fingerprint density at radius 3 is 2.55 bits per heavy atom. The Balaban J connectivity index is 3.11. The molecule has 0 aromatic heterocycles. The highest BCUT2D eigenvalue weighted by molar-refractivity contribution is 5.75. The number of aliphatic hydroxyl groups is 2. The lowest BCUT2D eigenvalue weighted by atomic mass is 10.1. The number of carbonyl (C=O) groups is 2. The van der Waals surface area contributed by atoms with Gasteiger partial charge in [-0.3, -0.25) is 4.79 Å². The van der Waals surface area contributed by atoms with Gasteiger partial charge < -0.3 is 34.8 Å². The van der Waals surface area contributed by atoms with E-state index >= 15 is 0 Å². The van der Waals surface area contributed by atoms with E-state index in [2.05, 4.69) is 5.32 Å². The van der Waals surface area contributed by atoms with Gasteiger partial charge in [0, 0.05) is 14.0 Å². The van der Waals surface area contributed by atoms with Gasteiger partial charge >= 0.3 is 5.97 Å². The lowest BCUT2D eigenvalue weighted by Gasteiger charge is -2.35. The van der Waals surface area contributed by atoms with Crippen molar-refractivity contribution in [3.05, 3.63) is 11.5 Å². The minimum atomic E-state index is -1.42. The lowest BCUT2D eigenvalue weighted by Crippen LogP contribution is -2.48. The van der Waals surface area contributed by atoms with Gasteiger partial charge in [0.2, 0.25) is 12.2 Å². The second-order valence-corrected chi connectivity index (χ2v) is 4.01. The van der Waals surface area contributed by atoms with E-state index < -0.39 is 43.6 Å². The summed E-state index contributed by atoms with van der Waals surface area (Å²) in [5, 5.41) is 30.1. The van der Waals surface area contributed by atoms with Crippen LogP contribution in [0.1, 0.15) is 6.92 Å². The number of methoxy groups -OCH3 is 1. The molecule has 0 fully saturated rings. The lowest BCUT2D eigenvalue weighted by molar-refractivity contribution is -0.192. The highest BCUT2D eigenvalue weighted by Crippen LogP contribution is 2.26. The minimum Gasteiger partial charge on any atom is -0.481 e. The number of carbonyl (C=O) groups excluding carboxylic acids is 1. The zero-order chi connectivity index (χ0) is 15.3. The van der Waals surface area contributed by atoms with Gasteiger partial charge in [-0.2, -0.15) is 0 Å². The van der Waals surface area contributed by atoms with Crippen molar-refractivity contribution >= 4 is 11.9 Å². The van der Waals surface area contributed by atoms with Gasteiger partial charge in [-0.1, -0.05) is 0 Å². The molecule has 3 atom stereocenters. The molecule has 1 heterocycles. The van der Waals surface area contributed by atoms with Crippen LogP contribution in [0.5, 0.6) is 0 Å². The van der Waals surface area contributed by atoms with Crippen molar-refractivity contribution in [2.75, 3.05) is 20.3 Å². The van der Waals surface area contributed by atoms with Gasteiger partial charge in [0.25, 0.3) is 0 Å². The summed E-state index contributed by atoms with van der Waals surface area (Å²) in [6, 6.07) is 0. The number of hydrogen-bond donors (Lipinski definition) is 4. The number of carboxylic acid groups (broad SMARTS) is 1. The van der Waals surface area contributed by atoms with Crippen LogP contribution < -0.4 is 5.32 Å². The molecule has 0 aromatic carbocycles. The van der Waals surface area contributed by atoms with Crippen molar-refractivity contribution in [3.8, 4) is 0 Å². The minimum absolute atomic E-state index is 0.0292. The Morgan fingerprint density at radius 2 is 2.10 bits per heavy atom. The number of amides is 1. The average molecular weight is 291 g/mol. The molecule has 0 spiro atoms. The molecular weight excluding hydrogens is 274 g/mol. The molecule has 1 amide bonds. The Labute approximate surface area is 114 Å². The van der Waals surface area contributed by atoms with Crippen molar-refractivity contribution in [1.82, 2.24) is 5.32 Å². The topological polar surface area (TPSA) is 135 Å². The Kier molecular flexibility index (Phi) is 5.89. The highest BCUT2D eigenvalue weighted by Gasteiger charge is 2.39. The van der Waals surface area contributed by atoms with Gasteiger partial charge in [-0.15, -0.1) is 0 Å². The first-order valence-corrected chi connectivity index (χ1v) is 5.74. The molecule has 9 heteroatoms. The van der Waals surface area contributed by atoms with E-state index in [4.69, 9.17) is 24.4 Å². The number of ether oxygens (including phenoxy) is 3. The summed E-state index contributed by atoms with van der Waals surface area (Å²) in [5.74, 6) is -1.94. The number of hydrogen-bond acceptors (Lipinski definition) is 7. The maximum Gasteiger partial charge on any atom is 0.341 e. The van der Waals surface area contributed by atoms with Crippen molar-refractivity contribution in [3.63, 3.8) is 0 Å². The molecule has 1 aliphatic rings. The third kappa shape index (κ3) is 3.90. The molecule has 9 nitrogen and oxygen atoms in total. The van der Waals surface area contributed by atoms with Crippen LogP contribution in [0, 0.1) is 0 Å². The molecule has 20 heavy (non-hydrogen) atoms. The van der Waals surface area contributed by atoms with E-state index in [-0.39, 0.29) is 11.5 Å². The predicted octanol–water partition coefficient (Wildman–Crippen LogP) is -1.84. The average Bonchev–Trinajstić information content (AvgIpc) is 2.37. The third-order valence-electron chi connectivity index (χ3n) is 2.48.